The Kier molecular flexibility index (Phi) is 2.95. The van der Waals surface area contributed by atoms with Gasteiger partial charge in [-0.2, -0.15) is 0 Å². The summed E-state index contributed by atoms with van der Waals surface area (Å²) in [5, 5.41) is 8.85. The molecular formula is C13H15NO2. The highest BCUT2D eigenvalue weighted by atomic mass is 16.4. The predicted molar refractivity (Wildman–Crippen MR) is 63.7 cm³/mol. The van der Waals surface area contributed by atoms with Gasteiger partial charge in [-0.15, -0.1) is 0 Å². The summed E-state index contributed by atoms with van der Waals surface area (Å²) in [7, 11) is 0. The van der Waals surface area contributed by atoms with E-state index in [1.54, 1.807) is 6.08 Å². The maximum atomic E-state index is 10.8. The van der Waals surface area contributed by atoms with Crippen LogP contribution in [0.5, 0.6) is 0 Å². The molecule has 0 spiro atoms. The van der Waals surface area contributed by atoms with Crippen molar-refractivity contribution in [3.05, 3.63) is 41.5 Å². The molecule has 0 aliphatic carbocycles. The summed E-state index contributed by atoms with van der Waals surface area (Å²) in [6.45, 7) is 3.53. The van der Waals surface area contributed by atoms with E-state index in [2.05, 4.69) is 30.0 Å². The fourth-order valence-electron chi connectivity index (χ4n) is 1.92. The molecule has 0 unspecified atom stereocenters. The molecule has 0 radical (unpaired) electrons. The Labute approximate surface area is 95.0 Å². The zero-order chi connectivity index (χ0) is 11.5. The fraction of sp³-hybridized carbons (Fsp3) is 0.308. The topological polar surface area (TPSA) is 40.5 Å². The monoisotopic (exact) mass is 217 g/mol. The number of carbonyl (C=O) groups is 1. The second kappa shape index (κ2) is 4.39. The van der Waals surface area contributed by atoms with Gasteiger partial charge in [-0.25, -0.2) is 4.79 Å². The van der Waals surface area contributed by atoms with Crippen molar-refractivity contribution in [2.75, 3.05) is 18.0 Å². The van der Waals surface area contributed by atoms with Gasteiger partial charge in [0.2, 0.25) is 0 Å². The highest BCUT2D eigenvalue weighted by Crippen LogP contribution is 2.20. The highest BCUT2D eigenvalue weighted by molar-refractivity contribution is 5.87. The first-order chi connectivity index (χ1) is 7.66. The van der Waals surface area contributed by atoms with Gasteiger partial charge >= 0.3 is 5.97 Å². The van der Waals surface area contributed by atoms with Crippen LogP contribution in [0.2, 0.25) is 0 Å². The molecule has 1 aliphatic heterocycles. The normalized spacial score (nSPS) is 15.8. The number of carboxylic acid groups (broad SMARTS) is 1. The molecule has 1 N–H and O–H groups in total. The number of aryl methyl sites for hydroxylation is 1. The van der Waals surface area contributed by atoms with E-state index in [0.29, 0.717) is 18.5 Å². The second-order valence-electron chi connectivity index (χ2n) is 4.07. The van der Waals surface area contributed by atoms with Crippen LogP contribution in [0.3, 0.4) is 0 Å². The van der Waals surface area contributed by atoms with Crippen molar-refractivity contribution in [2.24, 2.45) is 0 Å². The van der Waals surface area contributed by atoms with E-state index >= 15 is 0 Å². The van der Waals surface area contributed by atoms with Gasteiger partial charge in [0.25, 0.3) is 0 Å². The molecule has 16 heavy (non-hydrogen) atoms. The molecule has 1 aromatic carbocycles. The molecule has 1 heterocycles. The summed E-state index contributed by atoms with van der Waals surface area (Å²) in [6.07, 6.45) is 2.41. The number of anilines is 1. The largest absolute Gasteiger partial charge is 0.478 e. The first kappa shape index (κ1) is 10.7. The number of carboxylic acids is 1. The second-order valence-corrected chi connectivity index (χ2v) is 4.07. The van der Waals surface area contributed by atoms with Gasteiger partial charge in [0.1, 0.15) is 0 Å². The third-order valence-electron chi connectivity index (χ3n) is 2.85. The van der Waals surface area contributed by atoms with Crippen LogP contribution in [-0.2, 0) is 4.79 Å². The van der Waals surface area contributed by atoms with Gasteiger partial charge in [0, 0.05) is 24.4 Å². The average molecular weight is 217 g/mol. The maximum Gasteiger partial charge on any atom is 0.331 e. The van der Waals surface area contributed by atoms with Gasteiger partial charge in [-0.05, 0) is 31.0 Å². The Morgan fingerprint density at radius 3 is 2.81 bits per heavy atom. The number of nitrogens with zero attached hydrogens (tertiary/aromatic N) is 1. The van der Waals surface area contributed by atoms with Crippen LogP contribution in [0.4, 0.5) is 5.69 Å². The van der Waals surface area contributed by atoms with E-state index < -0.39 is 5.97 Å². The molecule has 2 rings (SSSR count). The molecule has 0 saturated heterocycles. The van der Waals surface area contributed by atoms with Crippen molar-refractivity contribution in [3.63, 3.8) is 0 Å². The van der Waals surface area contributed by atoms with Crippen molar-refractivity contribution in [1.29, 1.82) is 0 Å². The quantitative estimate of drug-likeness (QED) is 0.825. The number of rotatable bonds is 2. The first-order valence-electron chi connectivity index (χ1n) is 5.41. The van der Waals surface area contributed by atoms with Crippen LogP contribution in [0.25, 0.3) is 0 Å². The first-order valence-corrected chi connectivity index (χ1v) is 5.41. The lowest BCUT2D eigenvalue weighted by atomic mass is 10.1. The van der Waals surface area contributed by atoms with Crippen molar-refractivity contribution < 1.29 is 9.90 Å². The third-order valence-corrected chi connectivity index (χ3v) is 2.85. The molecule has 0 atom stereocenters. The average Bonchev–Trinajstić information content (AvgIpc) is 2.29. The van der Waals surface area contributed by atoms with Crippen LogP contribution in [0.15, 0.2) is 35.9 Å². The fourth-order valence-corrected chi connectivity index (χ4v) is 1.92. The Hall–Kier alpha value is -1.77. The summed E-state index contributed by atoms with van der Waals surface area (Å²) in [5.41, 5.74) is 2.93. The summed E-state index contributed by atoms with van der Waals surface area (Å²) >= 11 is 0. The zero-order valence-electron chi connectivity index (χ0n) is 9.31. The van der Waals surface area contributed by atoms with Crippen LogP contribution in [0.1, 0.15) is 12.0 Å². The van der Waals surface area contributed by atoms with Crippen LogP contribution in [0, 0.1) is 6.92 Å². The molecule has 0 aromatic heterocycles. The number of hydrogen-bond donors (Lipinski definition) is 1. The van der Waals surface area contributed by atoms with E-state index in [4.69, 9.17) is 5.11 Å². The Bertz CT molecular complexity index is 437. The lowest BCUT2D eigenvalue weighted by Crippen LogP contribution is -2.30. The highest BCUT2D eigenvalue weighted by Gasteiger charge is 2.16. The molecule has 84 valence electrons. The smallest absolute Gasteiger partial charge is 0.331 e. The van der Waals surface area contributed by atoms with Crippen molar-refractivity contribution in [1.82, 2.24) is 0 Å². The molecular weight excluding hydrogens is 202 g/mol. The number of benzene rings is 1. The van der Waals surface area contributed by atoms with Gasteiger partial charge in [-0.3, -0.25) is 0 Å². The molecule has 0 amide bonds. The van der Waals surface area contributed by atoms with Crippen molar-refractivity contribution in [3.8, 4) is 0 Å². The predicted octanol–water partition coefficient (Wildman–Crippen LogP) is 2.22. The minimum Gasteiger partial charge on any atom is -0.478 e. The lowest BCUT2D eigenvalue weighted by Gasteiger charge is -2.27. The minimum absolute atomic E-state index is 0.531. The van der Waals surface area contributed by atoms with Gasteiger partial charge < -0.3 is 10.0 Å². The van der Waals surface area contributed by atoms with Gasteiger partial charge in [0.15, 0.2) is 0 Å². The third kappa shape index (κ3) is 2.24. The van der Waals surface area contributed by atoms with Crippen LogP contribution < -0.4 is 4.90 Å². The summed E-state index contributed by atoms with van der Waals surface area (Å²) < 4.78 is 0. The Morgan fingerprint density at radius 2 is 2.25 bits per heavy atom. The molecule has 3 heteroatoms. The molecule has 1 aliphatic rings. The molecule has 3 nitrogen and oxygen atoms in total. The molecule has 0 fully saturated rings. The van der Waals surface area contributed by atoms with E-state index in [9.17, 15) is 4.79 Å². The standard InChI is InChI=1S/C13H15NO2/c1-10-3-2-4-12(9-10)14-7-5-11(6-8-14)13(15)16/h2-5,9H,6-8H2,1H3,(H,15,16). The zero-order valence-corrected chi connectivity index (χ0v) is 9.31. The summed E-state index contributed by atoms with van der Waals surface area (Å²) in [5.74, 6) is -0.788. The SMILES string of the molecule is Cc1cccc(N2CC=C(C(=O)O)CC2)c1. The lowest BCUT2D eigenvalue weighted by molar-refractivity contribution is -0.132. The van der Waals surface area contributed by atoms with Crippen LogP contribution in [-0.4, -0.2) is 24.2 Å². The minimum atomic E-state index is -0.788. The number of hydrogen-bond acceptors (Lipinski definition) is 2. The van der Waals surface area contributed by atoms with Crippen molar-refractivity contribution in [2.45, 2.75) is 13.3 Å². The van der Waals surface area contributed by atoms with E-state index in [1.807, 2.05) is 6.07 Å². The maximum absolute atomic E-state index is 10.8. The molecule has 0 saturated carbocycles. The van der Waals surface area contributed by atoms with E-state index in [0.717, 1.165) is 6.54 Å². The van der Waals surface area contributed by atoms with Crippen LogP contribution >= 0.6 is 0 Å². The molecule has 1 aromatic rings. The Morgan fingerprint density at radius 1 is 1.44 bits per heavy atom. The number of aliphatic carboxylic acids is 1. The van der Waals surface area contributed by atoms with Crippen molar-refractivity contribution >= 4 is 11.7 Å². The summed E-state index contributed by atoms with van der Waals surface area (Å²) in [4.78, 5) is 13.0. The van der Waals surface area contributed by atoms with E-state index in [1.165, 1.54) is 11.3 Å². The Balaban J connectivity index is 2.12. The van der Waals surface area contributed by atoms with Gasteiger partial charge in [-0.1, -0.05) is 18.2 Å². The van der Waals surface area contributed by atoms with E-state index in [-0.39, 0.29) is 0 Å². The summed E-state index contributed by atoms with van der Waals surface area (Å²) in [6, 6.07) is 8.28. The molecule has 0 bridgehead atoms. The van der Waals surface area contributed by atoms with Gasteiger partial charge in [0.05, 0.1) is 0 Å².